The van der Waals surface area contributed by atoms with E-state index in [1.165, 1.54) is 6.08 Å². The van der Waals surface area contributed by atoms with E-state index in [1.54, 1.807) is 54.7 Å². The van der Waals surface area contributed by atoms with Crippen LogP contribution in [-0.4, -0.2) is 44.7 Å². The van der Waals surface area contributed by atoms with Gasteiger partial charge in [-0.3, -0.25) is 4.79 Å². The maximum Gasteiger partial charge on any atom is 0.303 e. The summed E-state index contributed by atoms with van der Waals surface area (Å²) in [5.41, 5.74) is 0. The van der Waals surface area contributed by atoms with Gasteiger partial charge in [0.1, 0.15) is 0 Å². The number of rotatable bonds is 14. The molecule has 0 aromatic carbocycles. The number of carbonyl (C=O) groups is 1. The molecule has 5 heteroatoms. The first-order chi connectivity index (χ1) is 13.0. The van der Waals surface area contributed by atoms with Gasteiger partial charge in [-0.15, -0.1) is 0 Å². The van der Waals surface area contributed by atoms with Crippen molar-refractivity contribution in [3.05, 3.63) is 72.9 Å². The normalized spacial score (nSPS) is 16.6. The van der Waals surface area contributed by atoms with Crippen LogP contribution in [0.25, 0.3) is 0 Å². The predicted molar refractivity (Wildman–Crippen MR) is 109 cm³/mol. The van der Waals surface area contributed by atoms with Crippen LogP contribution in [0.5, 0.6) is 0 Å². The topological polar surface area (TPSA) is 98.0 Å². The van der Waals surface area contributed by atoms with Crippen molar-refractivity contribution < 1.29 is 25.2 Å². The van der Waals surface area contributed by atoms with Gasteiger partial charge in [-0.1, -0.05) is 79.8 Å². The van der Waals surface area contributed by atoms with Crippen molar-refractivity contribution in [2.24, 2.45) is 0 Å². The second kappa shape index (κ2) is 17.2. The van der Waals surface area contributed by atoms with Gasteiger partial charge in [0.2, 0.25) is 0 Å². The lowest BCUT2D eigenvalue weighted by Crippen LogP contribution is -2.22. The first-order valence-corrected chi connectivity index (χ1v) is 9.21. The molecule has 0 fully saturated rings. The number of hydrogen-bond acceptors (Lipinski definition) is 4. The number of carboxylic acids is 1. The van der Waals surface area contributed by atoms with E-state index in [9.17, 15) is 20.1 Å². The second-order valence-electron chi connectivity index (χ2n) is 5.92. The van der Waals surface area contributed by atoms with E-state index in [1.807, 2.05) is 19.1 Å². The van der Waals surface area contributed by atoms with Gasteiger partial charge < -0.3 is 20.4 Å². The molecule has 0 bridgehead atoms. The SMILES string of the molecule is CC/C=C\C[C@H](O)/C=C/C=C\C=C\C=C\C(O)[C@@H](O)C/C=C\CCC(=O)O. The van der Waals surface area contributed by atoms with Gasteiger partial charge in [0.15, 0.2) is 0 Å². The number of allylic oxidation sites excluding steroid dienone is 8. The minimum Gasteiger partial charge on any atom is -0.481 e. The van der Waals surface area contributed by atoms with Crippen LogP contribution in [0, 0.1) is 0 Å². The molecule has 5 nitrogen and oxygen atoms in total. The Bertz CT molecular complexity index is 555. The van der Waals surface area contributed by atoms with Crippen molar-refractivity contribution >= 4 is 5.97 Å². The fourth-order valence-electron chi connectivity index (χ4n) is 1.94. The summed E-state index contributed by atoms with van der Waals surface area (Å²) < 4.78 is 0. The fraction of sp³-hybridized carbons (Fsp3) is 0.409. The molecule has 0 aromatic heterocycles. The van der Waals surface area contributed by atoms with E-state index >= 15 is 0 Å². The molecule has 27 heavy (non-hydrogen) atoms. The van der Waals surface area contributed by atoms with Crippen molar-refractivity contribution in [2.45, 2.75) is 57.3 Å². The third-order valence-electron chi connectivity index (χ3n) is 3.44. The molecule has 0 radical (unpaired) electrons. The van der Waals surface area contributed by atoms with Gasteiger partial charge in [-0.05, 0) is 25.7 Å². The zero-order valence-corrected chi connectivity index (χ0v) is 15.9. The van der Waals surface area contributed by atoms with Crippen molar-refractivity contribution in [3.8, 4) is 0 Å². The quantitative estimate of drug-likeness (QED) is 0.275. The average molecular weight is 376 g/mol. The number of hydrogen-bond donors (Lipinski definition) is 4. The number of aliphatic hydroxyl groups is 3. The van der Waals surface area contributed by atoms with Crippen molar-refractivity contribution in [1.82, 2.24) is 0 Å². The largest absolute Gasteiger partial charge is 0.481 e. The molecule has 3 atom stereocenters. The average Bonchev–Trinajstić information content (AvgIpc) is 2.63. The first-order valence-electron chi connectivity index (χ1n) is 9.21. The molecule has 0 saturated heterocycles. The molecular weight excluding hydrogens is 344 g/mol. The number of carboxylic acid groups (broad SMARTS) is 1. The Labute approximate surface area is 162 Å². The summed E-state index contributed by atoms with van der Waals surface area (Å²) in [5.74, 6) is -0.861. The molecule has 4 N–H and O–H groups in total. The Morgan fingerprint density at radius 1 is 0.815 bits per heavy atom. The smallest absolute Gasteiger partial charge is 0.303 e. The molecule has 0 aromatic rings. The minimum absolute atomic E-state index is 0.0530. The van der Waals surface area contributed by atoms with Gasteiger partial charge in [-0.25, -0.2) is 0 Å². The number of aliphatic carboxylic acids is 1. The Balaban J connectivity index is 4.06. The maximum atomic E-state index is 10.4. The van der Waals surface area contributed by atoms with Crippen LogP contribution in [0.1, 0.15) is 39.0 Å². The first kappa shape index (κ1) is 24.8. The predicted octanol–water partition coefficient (Wildman–Crippen LogP) is 3.46. The summed E-state index contributed by atoms with van der Waals surface area (Å²) >= 11 is 0. The molecule has 0 amide bonds. The highest BCUT2D eigenvalue weighted by Gasteiger charge is 2.10. The van der Waals surface area contributed by atoms with E-state index in [2.05, 4.69) is 0 Å². The molecular formula is C22H32O5. The highest BCUT2D eigenvalue weighted by atomic mass is 16.4. The van der Waals surface area contributed by atoms with E-state index in [-0.39, 0.29) is 12.8 Å². The minimum atomic E-state index is -0.992. The fourth-order valence-corrected chi connectivity index (χ4v) is 1.94. The zero-order chi connectivity index (χ0) is 20.3. The van der Waals surface area contributed by atoms with Crippen LogP contribution in [-0.2, 0) is 4.79 Å². The van der Waals surface area contributed by atoms with Crippen LogP contribution >= 0.6 is 0 Å². The molecule has 0 spiro atoms. The molecule has 150 valence electrons. The van der Waals surface area contributed by atoms with Crippen LogP contribution in [0.3, 0.4) is 0 Å². The van der Waals surface area contributed by atoms with Crippen molar-refractivity contribution in [1.29, 1.82) is 0 Å². The van der Waals surface area contributed by atoms with Gasteiger partial charge >= 0.3 is 5.97 Å². The summed E-state index contributed by atoms with van der Waals surface area (Å²) in [6, 6.07) is 0. The summed E-state index contributed by atoms with van der Waals surface area (Å²) in [4.78, 5) is 10.4. The lowest BCUT2D eigenvalue weighted by Gasteiger charge is -2.11. The highest BCUT2D eigenvalue weighted by Crippen LogP contribution is 2.03. The third kappa shape index (κ3) is 17.0. The lowest BCUT2D eigenvalue weighted by molar-refractivity contribution is -0.136. The Morgan fingerprint density at radius 2 is 1.41 bits per heavy atom. The standard InChI is InChI=1S/C22H32O5/c1-2-3-9-14-19(23)15-10-6-4-5-7-11-16-20(24)21(25)17-12-8-13-18-22(26)27/h3-12,15-16,19-21,23-25H,2,13-14,17-18H2,1H3,(H,26,27)/b6-4-,7-5+,9-3-,12-8-,15-10+,16-11+/t19-,20?,21-/m0/s1. The zero-order valence-electron chi connectivity index (χ0n) is 15.9. The molecule has 1 unspecified atom stereocenters. The van der Waals surface area contributed by atoms with Crippen molar-refractivity contribution in [2.75, 3.05) is 0 Å². The van der Waals surface area contributed by atoms with Crippen LogP contribution in [0.2, 0.25) is 0 Å². The second-order valence-corrected chi connectivity index (χ2v) is 5.92. The summed E-state index contributed by atoms with van der Waals surface area (Å²) in [6.45, 7) is 2.05. The molecule has 0 aliphatic rings. The molecule has 0 aliphatic heterocycles. The Morgan fingerprint density at radius 3 is 2.04 bits per heavy atom. The monoisotopic (exact) mass is 376 g/mol. The summed E-state index contributed by atoms with van der Waals surface area (Å²) in [5, 5.41) is 37.7. The van der Waals surface area contributed by atoms with Crippen LogP contribution in [0.15, 0.2) is 72.9 Å². The molecule has 0 saturated carbocycles. The third-order valence-corrected chi connectivity index (χ3v) is 3.44. The lowest BCUT2D eigenvalue weighted by atomic mass is 10.1. The molecule has 0 aliphatic carbocycles. The van der Waals surface area contributed by atoms with Crippen LogP contribution < -0.4 is 0 Å². The van der Waals surface area contributed by atoms with Gasteiger partial charge in [0, 0.05) is 6.42 Å². The maximum absolute atomic E-state index is 10.4. The van der Waals surface area contributed by atoms with E-state index in [0.29, 0.717) is 12.8 Å². The van der Waals surface area contributed by atoms with E-state index in [4.69, 9.17) is 5.11 Å². The van der Waals surface area contributed by atoms with Crippen molar-refractivity contribution in [3.63, 3.8) is 0 Å². The molecule has 0 rings (SSSR count). The van der Waals surface area contributed by atoms with Gasteiger partial charge in [0.05, 0.1) is 18.3 Å². The number of aliphatic hydroxyl groups excluding tert-OH is 3. The van der Waals surface area contributed by atoms with Gasteiger partial charge in [-0.2, -0.15) is 0 Å². The summed E-state index contributed by atoms with van der Waals surface area (Å²) in [7, 11) is 0. The van der Waals surface area contributed by atoms with Crippen LogP contribution in [0.4, 0.5) is 0 Å². The highest BCUT2D eigenvalue weighted by molar-refractivity contribution is 5.66. The molecule has 0 heterocycles. The van der Waals surface area contributed by atoms with E-state index in [0.717, 1.165) is 6.42 Å². The van der Waals surface area contributed by atoms with Gasteiger partial charge in [0.25, 0.3) is 0 Å². The summed E-state index contributed by atoms with van der Waals surface area (Å²) in [6.07, 6.45) is 20.9. The Kier molecular flexibility index (Phi) is 15.8. The Hall–Kier alpha value is -2.21. The van der Waals surface area contributed by atoms with E-state index < -0.39 is 24.3 Å².